The van der Waals surface area contributed by atoms with Crippen molar-refractivity contribution >= 4 is 23.1 Å². The Balaban J connectivity index is 2.76. The Morgan fingerprint density at radius 2 is 2.19 bits per heavy atom. The molecule has 0 amide bonds. The number of aliphatic hydroxyl groups excluding tert-OH is 1. The summed E-state index contributed by atoms with van der Waals surface area (Å²) in [6, 6.07) is 7.18. The first-order valence-electron chi connectivity index (χ1n) is 4.99. The first kappa shape index (κ1) is 11.0. The van der Waals surface area contributed by atoms with Crippen molar-refractivity contribution in [1.82, 2.24) is 9.55 Å². The van der Waals surface area contributed by atoms with Gasteiger partial charge in [-0.1, -0.05) is 12.1 Å². The fourth-order valence-corrected chi connectivity index (χ4v) is 1.90. The summed E-state index contributed by atoms with van der Waals surface area (Å²) >= 11 is 5.08. The number of benzene rings is 1. The highest BCUT2D eigenvalue weighted by molar-refractivity contribution is 7.71. The Kier molecular flexibility index (Phi) is 2.89. The van der Waals surface area contributed by atoms with E-state index in [1.54, 1.807) is 25.1 Å². The molecule has 0 aliphatic rings. The monoisotopic (exact) mass is 236 g/mol. The smallest absolute Gasteiger partial charge is 0.262 e. The van der Waals surface area contributed by atoms with Gasteiger partial charge in [0.15, 0.2) is 4.77 Å². The summed E-state index contributed by atoms with van der Waals surface area (Å²) in [6.07, 6.45) is -0.603. The number of fused-ring (bicyclic) bond motifs is 1. The van der Waals surface area contributed by atoms with Gasteiger partial charge < -0.3 is 10.1 Å². The lowest BCUT2D eigenvalue weighted by molar-refractivity contribution is 0.171. The number of aromatic amines is 1. The summed E-state index contributed by atoms with van der Waals surface area (Å²) in [5.74, 6) is 0. The summed E-state index contributed by atoms with van der Waals surface area (Å²) in [5, 5.41) is 9.89. The van der Waals surface area contributed by atoms with Crippen LogP contribution in [0.4, 0.5) is 0 Å². The molecule has 0 unspecified atom stereocenters. The molecule has 84 valence electrons. The van der Waals surface area contributed by atoms with Gasteiger partial charge in [0.05, 0.1) is 23.6 Å². The predicted octanol–water partition coefficient (Wildman–Crippen LogP) is 1.44. The van der Waals surface area contributed by atoms with Gasteiger partial charge in [-0.3, -0.25) is 9.36 Å². The molecular formula is C11H12N2O2S. The van der Waals surface area contributed by atoms with Crippen molar-refractivity contribution in [3.8, 4) is 0 Å². The van der Waals surface area contributed by atoms with Gasteiger partial charge in [-0.15, -0.1) is 0 Å². The number of para-hydroxylation sites is 1. The predicted molar refractivity (Wildman–Crippen MR) is 65.1 cm³/mol. The Hall–Kier alpha value is -1.46. The topological polar surface area (TPSA) is 58.0 Å². The van der Waals surface area contributed by atoms with Crippen molar-refractivity contribution in [3.63, 3.8) is 0 Å². The molecule has 1 heterocycles. The molecule has 1 atom stereocenters. The number of aliphatic hydroxyl groups is 1. The zero-order valence-electron chi connectivity index (χ0n) is 8.80. The van der Waals surface area contributed by atoms with E-state index in [0.717, 1.165) is 5.52 Å². The van der Waals surface area contributed by atoms with Crippen LogP contribution in [0.5, 0.6) is 0 Å². The number of aromatic nitrogens is 2. The molecule has 0 radical (unpaired) electrons. The lowest BCUT2D eigenvalue weighted by Gasteiger charge is -2.09. The average Bonchev–Trinajstić information content (AvgIpc) is 2.24. The van der Waals surface area contributed by atoms with Crippen LogP contribution >= 0.6 is 12.2 Å². The minimum atomic E-state index is -0.603. The van der Waals surface area contributed by atoms with Crippen LogP contribution in [-0.2, 0) is 6.54 Å². The van der Waals surface area contributed by atoms with E-state index in [1.165, 1.54) is 4.57 Å². The molecule has 16 heavy (non-hydrogen) atoms. The van der Waals surface area contributed by atoms with E-state index in [9.17, 15) is 9.90 Å². The van der Waals surface area contributed by atoms with Crippen molar-refractivity contribution in [3.05, 3.63) is 39.4 Å². The fourth-order valence-electron chi connectivity index (χ4n) is 1.63. The Bertz CT molecular complexity index is 628. The van der Waals surface area contributed by atoms with Gasteiger partial charge in [0.2, 0.25) is 0 Å². The highest BCUT2D eigenvalue weighted by atomic mass is 32.1. The zero-order valence-corrected chi connectivity index (χ0v) is 9.62. The van der Waals surface area contributed by atoms with E-state index in [0.29, 0.717) is 10.2 Å². The van der Waals surface area contributed by atoms with Crippen LogP contribution in [0.2, 0.25) is 0 Å². The third kappa shape index (κ3) is 1.91. The quantitative estimate of drug-likeness (QED) is 0.776. The van der Waals surface area contributed by atoms with E-state index in [-0.39, 0.29) is 12.1 Å². The molecule has 0 fully saturated rings. The largest absolute Gasteiger partial charge is 0.392 e. The van der Waals surface area contributed by atoms with Gasteiger partial charge in [0, 0.05) is 0 Å². The van der Waals surface area contributed by atoms with Crippen LogP contribution in [0.15, 0.2) is 29.1 Å². The maximum atomic E-state index is 12.0. The van der Waals surface area contributed by atoms with Gasteiger partial charge in [-0.2, -0.15) is 0 Å². The first-order chi connectivity index (χ1) is 7.59. The molecule has 0 spiro atoms. The van der Waals surface area contributed by atoms with Crippen molar-refractivity contribution in [2.24, 2.45) is 0 Å². The van der Waals surface area contributed by atoms with Crippen LogP contribution in [0, 0.1) is 4.77 Å². The zero-order chi connectivity index (χ0) is 11.7. The number of H-pyrrole nitrogens is 1. The van der Waals surface area contributed by atoms with Crippen LogP contribution in [0.25, 0.3) is 10.9 Å². The molecule has 2 rings (SSSR count). The Morgan fingerprint density at radius 1 is 1.50 bits per heavy atom. The third-order valence-electron chi connectivity index (χ3n) is 2.34. The summed E-state index contributed by atoms with van der Waals surface area (Å²) in [6.45, 7) is 1.83. The van der Waals surface area contributed by atoms with Gasteiger partial charge in [0.1, 0.15) is 0 Å². The number of nitrogens with one attached hydrogen (secondary N) is 1. The normalized spacial score (nSPS) is 12.9. The van der Waals surface area contributed by atoms with E-state index in [1.807, 2.05) is 6.07 Å². The molecule has 0 saturated carbocycles. The summed E-state index contributed by atoms with van der Waals surface area (Å²) in [7, 11) is 0. The number of rotatable bonds is 2. The Labute approximate surface area is 97.2 Å². The molecule has 5 heteroatoms. The van der Waals surface area contributed by atoms with Crippen LogP contribution in [0.1, 0.15) is 6.92 Å². The van der Waals surface area contributed by atoms with Gasteiger partial charge in [-0.25, -0.2) is 0 Å². The SMILES string of the molecule is C[C@@H](O)Cn1c(=S)[nH]c2ccccc2c1=O. The van der Waals surface area contributed by atoms with Crippen molar-refractivity contribution in [2.45, 2.75) is 19.6 Å². The summed E-state index contributed by atoms with van der Waals surface area (Å²) in [5.41, 5.74) is 0.555. The second kappa shape index (κ2) is 4.19. The van der Waals surface area contributed by atoms with Gasteiger partial charge >= 0.3 is 0 Å². The molecule has 0 bridgehead atoms. The van der Waals surface area contributed by atoms with Gasteiger partial charge in [0.25, 0.3) is 5.56 Å². The molecule has 1 aromatic carbocycles. The first-order valence-corrected chi connectivity index (χ1v) is 5.40. The Morgan fingerprint density at radius 3 is 2.88 bits per heavy atom. The van der Waals surface area contributed by atoms with Crippen LogP contribution < -0.4 is 5.56 Å². The molecule has 0 aliphatic heterocycles. The lowest BCUT2D eigenvalue weighted by atomic mass is 10.2. The number of hydrogen-bond acceptors (Lipinski definition) is 3. The maximum absolute atomic E-state index is 12.0. The fraction of sp³-hybridized carbons (Fsp3) is 0.273. The highest BCUT2D eigenvalue weighted by Gasteiger charge is 2.06. The molecule has 0 aliphatic carbocycles. The van der Waals surface area contributed by atoms with Crippen molar-refractivity contribution in [2.75, 3.05) is 0 Å². The average molecular weight is 236 g/mol. The molecule has 0 saturated heterocycles. The molecular weight excluding hydrogens is 224 g/mol. The highest BCUT2D eigenvalue weighted by Crippen LogP contribution is 2.06. The van der Waals surface area contributed by atoms with Gasteiger partial charge in [-0.05, 0) is 31.3 Å². The van der Waals surface area contributed by atoms with Crippen molar-refractivity contribution < 1.29 is 5.11 Å². The molecule has 1 aromatic heterocycles. The molecule has 2 N–H and O–H groups in total. The van der Waals surface area contributed by atoms with Crippen molar-refractivity contribution in [1.29, 1.82) is 0 Å². The van der Waals surface area contributed by atoms with E-state index >= 15 is 0 Å². The van der Waals surface area contributed by atoms with E-state index in [2.05, 4.69) is 4.98 Å². The molecule has 2 aromatic rings. The van der Waals surface area contributed by atoms with E-state index < -0.39 is 6.10 Å². The molecule has 4 nitrogen and oxygen atoms in total. The number of hydrogen-bond donors (Lipinski definition) is 2. The van der Waals surface area contributed by atoms with Crippen LogP contribution in [0.3, 0.4) is 0 Å². The summed E-state index contributed by atoms with van der Waals surface area (Å²) < 4.78 is 1.71. The third-order valence-corrected chi connectivity index (χ3v) is 2.66. The second-order valence-electron chi connectivity index (χ2n) is 3.74. The van der Waals surface area contributed by atoms with Crippen LogP contribution in [-0.4, -0.2) is 20.8 Å². The summed E-state index contributed by atoms with van der Waals surface area (Å²) in [4.78, 5) is 15.0. The second-order valence-corrected chi connectivity index (χ2v) is 4.13. The minimum absolute atomic E-state index is 0.166. The standard InChI is InChI=1S/C11H12N2O2S/c1-7(14)6-13-10(15)8-4-2-3-5-9(8)12-11(13)16/h2-5,7,14H,6H2,1H3,(H,12,16)/t7-/m1/s1. The lowest BCUT2D eigenvalue weighted by Crippen LogP contribution is -2.26. The minimum Gasteiger partial charge on any atom is -0.392 e. The maximum Gasteiger partial charge on any atom is 0.262 e. The number of nitrogens with zero attached hydrogens (tertiary/aromatic N) is 1. The van der Waals surface area contributed by atoms with E-state index in [4.69, 9.17) is 12.2 Å².